The first-order valence-electron chi connectivity index (χ1n) is 6.78. The average molecular weight is 296 g/mol. The predicted octanol–water partition coefficient (Wildman–Crippen LogP) is -0.293. The summed E-state index contributed by atoms with van der Waals surface area (Å²) in [5, 5.41) is 9.56. The molecule has 122 valence electrons. The summed E-state index contributed by atoms with van der Waals surface area (Å²) in [5.74, 6) is 0. The van der Waals surface area contributed by atoms with E-state index in [1.165, 1.54) is 0 Å². The molecule has 0 unspecified atom stereocenters. The first-order valence-corrected chi connectivity index (χ1v) is 6.78. The highest BCUT2D eigenvalue weighted by molar-refractivity contribution is 4.51. The highest BCUT2D eigenvalue weighted by atomic mass is 16.6. The number of hydrogen-bond donors (Lipinski definition) is 1. The molecule has 0 aromatic heterocycles. The van der Waals surface area contributed by atoms with Gasteiger partial charge in [-0.05, 0) is 0 Å². The fourth-order valence-corrected chi connectivity index (χ4v) is 1.21. The zero-order valence-corrected chi connectivity index (χ0v) is 12.5. The predicted molar refractivity (Wildman–Crippen MR) is 73.0 cm³/mol. The van der Waals surface area contributed by atoms with E-state index in [1.807, 2.05) is 0 Å². The van der Waals surface area contributed by atoms with Gasteiger partial charge in [0.05, 0.1) is 66.1 Å². The fourth-order valence-electron chi connectivity index (χ4n) is 1.21. The number of ether oxygens (including phenoxy) is 6. The Morgan fingerprint density at radius 1 is 0.600 bits per heavy atom. The summed E-state index contributed by atoms with van der Waals surface area (Å²) in [6, 6.07) is 0. The molecule has 20 heavy (non-hydrogen) atoms. The van der Waals surface area contributed by atoms with Crippen molar-refractivity contribution in [2.75, 3.05) is 80.3 Å². The van der Waals surface area contributed by atoms with Crippen molar-refractivity contribution in [1.29, 1.82) is 0 Å². The summed E-state index contributed by atoms with van der Waals surface area (Å²) in [4.78, 5) is 0. The van der Waals surface area contributed by atoms with Gasteiger partial charge in [0.15, 0.2) is 0 Å². The monoisotopic (exact) mass is 296 g/mol. The van der Waals surface area contributed by atoms with Crippen molar-refractivity contribution in [3.05, 3.63) is 0 Å². The van der Waals surface area contributed by atoms with Crippen LogP contribution in [0.5, 0.6) is 0 Å². The lowest BCUT2D eigenvalue weighted by atomic mass is 10.4. The van der Waals surface area contributed by atoms with E-state index < -0.39 is 6.10 Å². The van der Waals surface area contributed by atoms with Crippen molar-refractivity contribution in [3.8, 4) is 0 Å². The van der Waals surface area contributed by atoms with Crippen molar-refractivity contribution in [1.82, 2.24) is 0 Å². The first kappa shape index (κ1) is 19.7. The molecule has 1 N–H and O–H groups in total. The van der Waals surface area contributed by atoms with E-state index in [0.717, 1.165) is 0 Å². The molecule has 0 rings (SSSR count). The molecule has 0 aromatic rings. The van der Waals surface area contributed by atoms with Gasteiger partial charge in [0.25, 0.3) is 0 Å². The smallest absolute Gasteiger partial charge is 0.101 e. The molecule has 0 bridgehead atoms. The molecular formula is C13H28O7. The minimum Gasteiger partial charge on any atom is -0.388 e. The molecule has 0 heterocycles. The molecule has 7 nitrogen and oxygen atoms in total. The summed E-state index contributed by atoms with van der Waals surface area (Å²) in [7, 11) is 3.25. The molecular weight excluding hydrogens is 268 g/mol. The van der Waals surface area contributed by atoms with Crippen molar-refractivity contribution in [3.63, 3.8) is 0 Å². The Kier molecular flexibility index (Phi) is 16.5. The molecule has 0 fully saturated rings. The summed E-state index contributed by atoms with van der Waals surface area (Å²) >= 11 is 0. The molecule has 0 aliphatic rings. The number of aliphatic hydroxyl groups excluding tert-OH is 1. The van der Waals surface area contributed by atoms with Crippen LogP contribution in [0.15, 0.2) is 0 Å². The van der Waals surface area contributed by atoms with Crippen LogP contribution in [0.4, 0.5) is 0 Å². The summed E-state index contributed by atoms with van der Waals surface area (Å²) in [6.45, 7) is 4.59. The lowest BCUT2D eigenvalue weighted by molar-refractivity contribution is -0.0452. The first-order chi connectivity index (χ1) is 9.81. The average Bonchev–Trinajstić information content (AvgIpc) is 2.45. The Balaban J connectivity index is 3.11. The standard InChI is InChI=1S/C13H28O7/c1-15-3-5-17-7-9-19-11-13(14)12-20-10-8-18-6-4-16-2/h13-14H,3-12H2,1-2H3. The zero-order valence-electron chi connectivity index (χ0n) is 12.5. The second-order valence-electron chi connectivity index (χ2n) is 4.01. The van der Waals surface area contributed by atoms with E-state index in [0.29, 0.717) is 52.9 Å². The molecule has 0 aromatic carbocycles. The van der Waals surface area contributed by atoms with Gasteiger partial charge in [-0.1, -0.05) is 0 Å². The Bertz CT molecular complexity index is 162. The molecule has 0 radical (unpaired) electrons. The zero-order chi connectivity index (χ0) is 14.9. The second kappa shape index (κ2) is 16.8. The number of rotatable bonds is 16. The largest absolute Gasteiger partial charge is 0.388 e. The lowest BCUT2D eigenvalue weighted by Crippen LogP contribution is -2.24. The maximum atomic E-state index is 9.56. The summed E-state index contributed by atoms with van der Waals surface area (Å²) in [6.07, 6.45) is -0.632. The van der Waals surface area contributed by atoms with E-state index >= 15 is 0 Å². The third-order valence-corrected chi connectivity index (χ3v) is 2.23. The van der Waals surface area contributed by atoms with Gasteiger partial charge >= 0.3 is 0 Å². The molecule has 0 atom stereocenters. The molecule has 0 aliphatic carbocycles. The van der Waals surface area contributed by atoms with Crippen molar-refractivity contribution < 1.29 is 33.5 Å². The third kappa shape index (κ3) is 15.8. The van der Waals surface area contributed by atoms with Crippen LogP contribution in [-0.2, 0) is 28.4 Å². The number of hydrogen-bond acceptors (Lipinski definition) is 7. The number of methoxy groups -OCH3 is 2. The van der Waals surface area contributed by atoms with Crippen LogP contribution in [0, 0.1) is 0 Å². The van der Waals surface area contributed by atoms with Gasteiger partial charge in [-0.25, -0.2) is 0 Å². The van der Waals surface area contributed by atoms with Crippen LogP contribution in [-0.4, -0.2) is 91.5 Å². The fraction of sp³-hybridized carbons (Fsp3) is 1.00. The van der Waals surface area contributed by atoms with Crippen LogP contribution in [0.1, 0.15) is 0 Å². The molecule has 7 heteroatoms. The Labute approximate surface area is 121 Å². The normalized spacial score (nSPS) is 11.4. The highest BCUT2D eigenvalue weighted by Gasteiger charge is 2.04. The quantitative estimate of drug-likeness (QED) is 0.392. The van der Waals surface area contributed by atoms with Crippen molar-refractivity contribution in [2.24, 2.45) is 0 Å². The van der Waals surface area contributed by atoms with Gasteiger partial charge in [-0.2, -0.15) is 0 Å². The second-order valence-corrected chi connectivity index (χ2v) is 4.01. The molecule has 0 saturated heterocycles. The van der Waals surface area contributed by atoms with Crippen LogP contribution >= 0.6 is 0 Å². The van der Waals surface area contributed by atoms with Crippen molar-refractivity contribution in [2.45, 2.75) is 6.10 Å². The van der Waals surface area contributed by atoms with E-state index in [1.54, 1.807) is 14.2 Å². The van der Waals surface area contributed by atoms with Crippen LogP contribution in [0.25, 0.3) is 0 Å². The van der Waals surface area contributed by atoms with Gasteiger partial charge in [-0.15, -0.1) is 0 Å². The highest BCUT2D eigenvalue weighted by Crippen LogP contribution is 1.89. The number of aliphatic hydroxyl groups is 1. The van der Waals surface area contributed by atoms with E-state index in [2.05, 4.69) is 0 Å². The topological polar surface area (TPSA) is 75.6 Å². The van der Waals surface area contributed by atoms with Crippen LogP contribution < -0.4 is 0 Å². The van der Waals surface area contributed by atoms with E-state index in [4.69, 9.17) is 28.4 Å². The Hall–Kier alpha value is -0.280. The van der Waals surface area contributed by atoms with Gasteiger partial charge in [0, 0.05) is 14.2 Å². The van der Waals surface area contributed by atoms with Crippen molar-refractivity contribution >= 4 is 0 Å². The SMILES string of the molecule is COCCOCCOCC(O)COCCOCCOC. The van der Waals surface area contributed by atoms with Gasteiger partial charge in [-0.3, -0.25) is 0 Å². The third-order valence-electron chi connectivity index (χ3n) is 2.23. The van der Waals surface area contributed by atoms with Gasteiger partial charge in [0.1, 0.15) is 6.10 Å². The van der Waals surface area contributed by atoms with E-state index in [-0.39, 0.29) is 13.2 Å². The molecule has 0 spiro atoms. The van der Waals surface area contributed by atoms with Gasteiger partial charge < -0.3 is 33.5 Å². The van der Waals surface area contributed by atoms with Gasteiger partial charge in [0.2, 0.25) is 0 Å². The summed E-state index contributed by atoms with van der Waals surface area (Å²) < 4.78 is 30.6. The minimum atomic E-state index is -0.632. The summed E-state index contributed by atoms with van der Waals surface area (Å²) in [5.41, 5.74) is 0. The maximum Gasteiger partial charge on any atom is 0.101 e. The molecule has 0 saturated carbocycles. The van der Waals surface area contributed by atoms with Crippen LogP contribution in [0.2, 0.25) is 0 Å². The minimum absolute atomic E-state index is 0.234. The van der Waals surface area contributed by atoms with Crippen LogP contribution in [0.3, 0.4) is 0 Å². The molecule has 0 amide bonds. The maximum absolute atomic E-state index is 9.56. The Morgan fingerprint density at radius 2 is 0.950 bits per heavy atom. The molecule has 0 aliphatic heterocycles. The van der Waals surface area contributed by atoms with E-state index in [9.17, 15) is 5.11 Å². The lowest BCUT2D eigenvalue weighted by Gasteiger charge is -2.12. The Morgan fingerprint density at radius 3 is 1.35 bits per heavy atom.